The normalized spacial score (nSPS) is 11.4. The fourth-order valence-electron chi connectivity index (χ4n) is 1.97. The van der Waals surface area contributed by atoms with E-state index in [9.17, 15) is 9.59 Å². The molecule has 2 rings (SSSR count). The average molecular weight is 359 g/mol. The summed E-state index contributed by atoms with van der Waals surface area (Å²) in [6, 6.07) is 16.7. The quantitative estimate of drug-likeness (QED) is 0.719. The highest BCUT2D eigenvalue weighted by Gasteiger charge is 2.14. The molecule has 25 heavy (non-hydrogen) atoms. The second kappa shape index (κ2) is 9.74. The van der Waals surface area contributed by atoms with Crippen LogP contribution in [0.2, 0.25) is 0 Å². The van der Waals surface area contributed by atoms with E-state index in [0.717, 1.165) is 5.75 Å². The van der Waals surface area contributed by atoms with Crippen molar-refractivity contribution in [3.05, 3.63) is 54.6 Å². The summed E-state index contributed by atoms with van der Waals surface area (Å²) in [5, 5.41) is 2.59. The molecule has 0 heterocycles. The Labute approximate surface area is 151 Å². The van der Waals surface area contributed by atoms with Gasteiger partial charge in [-0.25, -0.2) is 0 Å². The van der Waals surface area contributed by atoms with Gasteiger partial charge in [0.2, 0.25) is 5.91 Å². The van der Waals surface area contributed by atoms with Gasteiger partial charge in [-0.3, -0.25) is 9.59 Å². The number of hydrogen-bond donors (Lipinski definition) is 1. The Morgan fingerprint density at radius 1 is 1.04 bits per heavy atom. The number of nitrogens with one attached hydrogen (secondary N) is 1. The van der Waals surface area contributed by atoms with Gasteiger partial charge in [-0.05, 0) is 43.3 Å². The summed E-state index contributed by atoms with van der Waals surface area (Å²) in [5.74, 6) is 1.63. The first-order valence-corrected chi connectivity index (χ1v) is 8.95. The predicted octanol–water partition coefficient (Wildman–Crippen LogP) is 4.10. The van der Waals surface area contributed by atoms with Crippen LogP contribution >= 0.6 is 11.8 Å². The lowest BCUT2D eigenvalue weighted by Gasteiger charge is -2.12. The molecule has 0 saturated heterocycles. The standard InChI is InChI=1S/C19H21NO4S/c1-14(25-13-12-18(21)23-2)19(22)20-15-8-10-17(11-9-15)24-16-6-4-3-5-7-16/h3-11,14H,12-13H2,1-2H3,(H,20,22)/t14-/m1/s1. The summed E-state index contributed by atoms with van der Waals surface area (Å²) in [7, 11) is 1.36. The summed E-state index contributed by atoms with van der Waals surface area (Å²) in [5.41, 5.74) is 0.700. The van der Waals surface area contributed by atoms with Crippen molar-refractivity contribution in [3.63, 3.8) is 0 Å². The average Bonchev–Trinajstić information content (AvgIpc) is 2.63. The molecule has 1 amide bonds. The second-order valence-electron chi connectivity index (χ2n) is 5.27. The van der Waals surface area contributed by atoms with Gasteiger partial charge < -0.3 is 14.8 Å². The van der Waals surface area contributed by atoms with Crippen LogP contribution in [0.5, 0.6) is 11.5 Å². The van der Waals surface area contributed by atoms with E-state index in [1.807, 2.05) is 37.3 Å². The molecule has 0 unspecified atom stereocenters. The van der Waals surface area contributed by atoms with Gasteiger partial charge in [0, 0.05) is 11.4 Å². The van der Waals surface area contributed by atoms with Gasteiger partial charge in [-0.2, -0.15) is 0 Å². The van der Waals surface area contributed by atoms with Crippen molar-refractivity contribution in [3.8, 4) is 11.5 Å². The zero-order valence-corrected chi connectivity index (χ0v) is 15.0. The molecule has 0 aliphatic heterocycles. The maximum Gasteiger partial charge on any atom is 0.306 e. The van der Waals surface area contributed by atoms with Gasteiger partial charge in [0.05, 0.1) is 18.8 Å². The zero-order valence-electron chi connectivity index (χ0n) is 14.2. The number of carbonyl (C=O) groups is 2. The Morgan fingerprint density at radius 2 is 1.68 bits per heavy atom. The second-order valence-corrected chi connectivity index (χ2v) is 6.72. The van der Waals surface area contributed by atoms with E-state index in [2.05, 4.69) is 10.1 Å². The maximum atomic E-state index is 12.2. The third kappa shape index (κ3) is 6.51. The Bertz CT molecular complexity index is 688. The fraction of sp³-hybridized carbons (Fsp3) is 0.263. The number of benzene rings is 2. The molecule has 0 fully saturated rings. The Hall–Kier alpha value is -2.47. The lowest BCUT2D eigenvalue weighted by atomic mass is 10.3. The van der Waals surface area contributed by atoms with E-state index in [0.29, 0.717) is 23.6 Å². The first-order chi connectivity index (χ1) is 12.1. The third-order valence-corrected chi connectivity index (χ3v) is 4.53. The van der Waals surface area contributed by atoms with Gasteiger partial charge in [-0.1, -0.05) is 18.2 Å². The molecular formula is C19H21NO4S. The molecule has 0 radical (unpaired) electrons. The van der Waals surface area contributed by atoms with E-state index >= 15 is 0 Å². The van der Waals surface area contributed by atoms with Crippen LogP contribution in [0, 0.1) is 0 Å². The number of para-hydroxylation sites is 1. The van der Waals surface area contributed by atoms with Crippen molar-refractivity contribution in [2.45, 2.75) is 18.6 Å². The maximum absolute atomic E-state index is 12.2. The van der Waals surface area contributed by atoms with Crippen molar-refractivity contribution in [1.29, 1.82) is 0 Å². The highest BCUT2D eigenvalue weighted by Crippen LogP contribution is 2.23. The number of methoxy groups -OCH3 is 1. The van der Waals surface area contributed by atoms with E-state index in [-0.39, 0.29) is 17.1 Å². The van der Waals surface area contributed by atoms with Crippen molar-refractivity contribution >= 4 is 29.3 Å². The van der Waals surface area contributed by atoms with Crippen molar-refractivity contribution in [2.24, 2.45) is 0 Å². The number of amides is 1. The molecule has 132 valence electrons. The van der Waals surface area contributed by atoms with E-state index in [1.165, 1.54) is 18.9 Å². The van der Waals surface area contributed by atoms with Crippen LogP contribution in [0.15, 0.2) is 54.6 Å². The molecule has 2 aromatic carbocycles. The number of esters is 1. The summed E-state index contributed by atoms with van der Waals surface area (Å²) >= 11 is 1.41. The van der Waals surface area contributed by atoms with Gasteiger partial charge in [0.1, 0.15) is 11.5 Å². The topological polar surface area (TPSA) is 64.6 Å². The lowest BCUT2D eigenvalue weighted by Crippen LogP contribution is -2.23. The van der Waals surface area contributed by atoms with Crippen LogP contribution in [0.4, 0.5) is 5.69 Å². The number of hydrogen-bond acceptors (Lipinski definition) is 5. The molecule has 1 atom stereocenters. The minimum absolute atomic E-state index is 0.105. The molecule has 0 bridgehead atoms. The van der Waals surface area contributed by atoms with Crippen LogP contribution in [-0.2, 0) is 14.3 Å². The van der Waals surface area contributed by atoms with Crippen molar-refractivity contribution in [1.82, 2.24) is 0 Å². The highest BCUT2D eigenvalue weighted by atomic mass is 32.2. The minimum Gasteiger partial charge on any atom is -0.469 e. The molecule has 1 N–H and O–H groups in total. The first-order valence-electron chi connectivity index (χ1n) is 7.90. The van der Waals surface area contributed by atoms with E-state index in [4.69, 9.17) is 4.74 Å². The number of thioether (sulfide) groups is 1. The number of rotatable bonds is 8. The SMILES string of the molecule is COC(=O)CCS[C@H](C)C(=O)Nc1ccc(Oc2ccccc2)cc1. The molecular weight excluding hydrogens is 338 g/mol. The van der Waals surface area contributed by atoms with Crippen molar-refractivity contribution < 1.29 is 19.1 Å². The summed E-state index contributed by atoms with van der Waals surface area (Å²) in [4.78, 5) is 23.2. The predicted molar refractivity (Wildman–Crippen MR) is 100 cm³/mol. The van der Waals surface area contributed by atoms with E-state index < -0.39 is 0 Å². The first kappa shape index (κ1) is 18.9. The summed E-state index contributed by atoms with van der Waals surface area (Å²) < 4.78 is 10.3. The zero-order chi connectivity index (χ0) is 18.1. The van der Waals surface area contributed by atoms with Crippen LogP contribution in [0.25, 0.3) is 0 Å². The van der Waals surface area contributed by atoms with Crippen LogP contribution in [0.3, 0.4) is 0 Å². The number of anilines is 1. The minimum atomic E-state index is -0.269. The van der Waals surface area contributed by atoms with Gasteiger partial charge in [0.15, 0.2) is 0 Å². The van der Waals surface area contributed by atoms with Crippen LogP contribution in [0.1, 0.15) is 13.3 Å². The summed E-state index contributed by atoms with van der Waals surface area (Å²) in [6.07, 6.45) is 0.296. The Balaban J connectivity index is 1.81. The smallest absolute Gasteiger partial charge is 0.306 e. The van der Waals surface area contributed by atoms with Gasteiger partial charge in [0.25, 0.3) is 0 Å². The molecule has 0 aromatic heterocycles. The number of carbonyl (C=O) groups excluding carboxylic acids is 2. The van der Waals surface area contributed by atoms with Crippen LogP contribution in [-0.4, -0.2) is 30.0 Å². The molecule has 6 heteroatoms. The number of ether oxygens (including phenoxy) is 2. The lowest BCUT2D eigenvalue weighted by molar-refractivity contribution is -0.140. The van der Waals surface area contributed by atoms with E-state index in [1.54, 1.807) is 24.3 Å². The van der Waals surface area contributed by atoms with Crippen LogP contribution < -0.4 is 10.1 Å². The Kier molecular flexibility index (Phi) is 7.35. The molecule has 0 spiro atoms. The molecule has 0 aliphatic carbocycles. The largest absolute Gasteiger partial charge is 0.469 e. The Morgan fingerprint density at radius 3 is 2.32 bits per heavy atom. The monoisotopic (exact) mass is 359 g/mol. The van der Waals surface area contributed by atoms with Crippen molar-refractivity contribution in [2.75, 3.05) is 18.2 Å². The van der Waals surface area contributed by atoms with Gasteiger partial charge in [-0.15, -0.1) is 11.8 Å². The molecule has 5 nitrogen and oxygen atoms in total. The molecule has 0 aliphatic rings. The third-order valence-electron chi connectivity index (χ3n) is 3.37. The fourth-order valence-corrected chi connectivity index (χ4v) is 2.82. The summed E-state index contributed by atoms with van der Waals surface area (Å²) in [6.45, 7) is 1.81. The highest BCUT2D eigenvalue weighted by molar-refractivity contribution is 8.00. The molecule has 0 saturated carbocycles. The molecule has 2 aromatic rings. The van der Waals surface area contributed by atoms with Gasteiger partial charge >= 0.3 is 5.97 Å².